The van der Waals surface area contributed by atoms with Crippen LogP contribution < -0.4 is 0 Å². The van der Waals surface area contributed by atoms with E-state index in [0.717, 1.165) is 11.5 Å². The van der Waals surface area contributed by atoms with Gasteiger partial charge in [-0.3, -0.25) is 4.79 Å². The first-order valence-electron chi connectivity index (χ1n) is 11.0. The Labute approximate surface area is 214 Å². The number of aryl methyl sites for hydroxylation is 1. The number of alkyl halides is 3. The smallest absolute Gasteiger partial charge is 0.374 e. The van der Waals surface area contributed by atoms with Crippen molar-refractivity contribution in [1.29, 1.82) is 0 Å². The molecule has 2 aliphatic rings. The molecule has 5 rings (SSSR count). The molecule has 182 valence electrons. The van der Waals surface area contributed by atoms with Crippen LogP contribution in [-0.2, 0) is 10.4 Å². The van der Waals surface area contributed by atoms with Gasteiger partial charge in [0.25, 0.3) is 5.60 Å². The highest BCUT2D eigenvalue weighted by Crippen LogP contribution is 2.50. The summed E-state index contributed by atoms with van der Waals surface area (Å²) in [4.78, 5) is 18.3. The molecule has 3 aromatic rings. The third kappa shape index (κ3) is 4.32. The number of hydrogen-bond donors (Lipinski definition) is 0. The van der Waals surface area contributed by atoms with E-state index in [1.807, 2.05) is 30.8 Å². The Kier molecular flexibility index (Phi) is 6.31. The number of carbonyl (C=O) groups is 1. The third-order valence-electron chi connectivity index (χ3n) is 6.53. The van der Waals surface area contributed by atoms with E-state index in [1.165, 1.54) is 18.2 Å². The van der Waals surface area contributed by atoms with Crippen molar-refractivity contribution in [3.63, 3.8) is 0 Å². The van der Waals surface area contributed by atoms with Gasteiger partial charge in [0.15, 0.2) is 5.78 Å². The van der Waals surface area contributed by atoms with E-state index >= 15 is 0 Å². The molecule has 1 saturated heterocycles. The Bertz CT molecular complexity index is 1350. The zero-order valence-electron chi connectivity index (χ0n) is 18.6. The summed E-state index contributed by atoms with van der Waals surface area (Å²) in [7, 11) is 0. The van der Waals surface area contributed by atoms with Crippen molar-refractivity contribution in [3.05, 3.63) is 80.8 Å². The lowest BCUT2D eigenvalue weighted by Gasteiger charge is -2.29. The highest BCUT2D eigenvalue weighted by atomic mass is 35.5. The first-order chi connectivity index (χ1) is 16.6. The largest absolute Gasteiger partial charge is 0.435 e. The van der Waals surface area contributed by atoms with Gasteiger partial charge in [0.1, 0.15) is 0 Å². The second-order valence-electron chi connectivity index (χ2n) is 8.98. The molecule has 3 nitrogen and oxygen atoms in total. The maximum absolute atomic E-state index is 14.4. The summed E-state index contributed by atoms with van der Waals surface area (Å²) in [6.07, 6.45) is -4.87. The fraction of sp³-hybridized carbons (Fsp3) is 0.308. The SMILES string of the molecule is Cc1cc(C2=NOC(c3cc(Cl)cc(Cl)c3)(C(F)(F)F)C2)c2ccccc2c1C(=O)CC1CSC1. The van der Waals surface area contributed by atoms with Crippen LogP contribution in [-0.4, -0.2) is 29.2 Å². The molecule has 35 heavy (non-hydrogen) atoms. The maximum atomic E-state index is 14.4. The first-order valence-corrected chi connectivity index (χ1v) is 12.9. The standard InChI is InChI=1S/C26H20Cl2F3NO2S/c1-14-6-21(19-4-2-3-5-20(19)24(14)23(33)7-15-12-35-13-15)22-11-25(34-32-22,26(29,30)31)16-8-17(27)10-18(28)9-16/h2-6,8-10,15H,7,11-13H2,1H3. The zero-order valence-corrected chi connectivity index (χ0v) is 20.9. The summed E-state index contributed by atoms with van der Waals surface area (Å²) in [5.74, 6) is 2.37. The molecule has 2 heterocycles. The van der Waals surface area contributed by atoms with Crippen LogP contribution in [0.15, 0.2) is 53.7 Å². The van der Waals surface area contributed by atoms with Gasteiger partial charge in [-0.2, -0.15) is 24.9 Å². The average molecular weight is 538 g/mol. The minimum atomic E-state index is -4.78. The number of thioether (sulfide) groups is 1. The third-order valence-corrected chi connectivity index (χ3v) is 8.38. The summed E-state index contributed by atoms with van der Waals surface area (Å²) in [6, 6.07) is 12.7. The number of hydrogen-bond acceptors (Lipinski definition) is 4. The fourth-order valence-corrected chi connectivity index (χ4v) is 6.06. The summed E-state index contributed by atoms with van der Waals surface area (Å²) < 4.78 is 43.3. The predicted octanol–water partition coefficient (Wildman–Crippen LogP) is 7.97. The van der Waals surface area contributed by atoms with Crippen LogP contribution in [0, 0.1) is 12.8 Å². The number of benzene rings is 3. The second-order valence-corrected chi connectivity index (χ2v) is 10.9. The van der Waals surface area contributed by atoms with Crippen molar-refractivity contribution in [2.75, 3.05) is 11.5 Å². The Morgan fingerprint density at radius 3 is 2.37 bits per heavy atom. The second kappa shape index (κ2) is 9.02. The lowest BCUT2D eigenvalue weighted by molar-refractivity contribution is -0.275. The van der Waals surface area contributed by atoms with Crippen molar-refractivity contribution in [2.24, 2.45) is 11.1 Å². The summed E-state index contributed by atoms with van der Waals surface area (Å²) in [5.41, 5.74) is -0.965. The lowest BCUT2D eigenvalue weighted by Crippen LogP contribution is -2.42. The van der Waals surface area contributed by atoms with Crippen molar-refractivity contribution in [2.45, 2.75) is 31.5 Å². The Balaban J connectivity index is 1.58. The molecule has 2 aliphatic heterocycles. The normalized spacial score (nSPS) is 20.5. The number of Topliss-reactive ketones (excluding diaryl/α,β-unsaturated/α-hetero) is 1. The van der Waals surface area contributed by atoms with Crippen LogP contribution >= 0.6 is 35.0 Å². The van der Waals surface area contributed by atoms with Gasteiger partial charge in [-0.25, -0.2) is 0 Å². The molecular weight excluding hydrogens is 518 g/mol. The Morgan fingerprint density at radius 1 is 1.11 bits per heavy atom. The monoisotopic (exact) mass is 537 g/mol. The topological polar surface area (TPSA) is 38.7 Å². The number of oxime groups is 1. The van der Waals surface area contributed by atoms with E-state index < -0.39 is 18.2 Å². The van der Waals surface area contributed by atoms with Gasteiger partial charge in [-0.15, -0.1) is 0 Å². The summed E-state index contributed by atoms with van der Waals surface area (Å²) in [5, 5.41) is 5.43. The molecule has 0 aromatic heterocycles. The number of halogens is 5. The van der Waals surface area contributed by atoms with Gasteiger partial charge in [0.2, 0.25) is 0 Å². The molecule has 1 fully saturated rings. The van der Waals surface area contributed by atoms with Gasteiger partial charge in [0.05, 0.1) is 5.71 Å². The molecule has 0 amide bonds. The van der Waals surface area contributed by atoms with E-state index in [9.17, 15) is 18.0 Å². The van der Waals surface area contributed by atoms with Crippen LogP contribution in [0.1, 0.15) is 39.9 Å². The quantitative estimate of drug-likeness (QED) is 0.309. The van der Waals surface area contributed by atoms with Crippen molar-refractivity contribution >= 4 is 57.2 Å². The fourth-order valence-electron chi connectivity index (χ4n) is 4.73. The number of carbonyl (C=O) groups excluding carboxylic acids is 1. The first kappa shape index (κ1) is 24.5. The predicted molar refractivity (Wildman–Crippen MR) is 135 cm³/mol. The van der Waals surface area contributed by atoms with Gasteiger partial charge in [0, 0.05) is 39.6 Å². The number of rotatable bonds is 5. The molecule has 0 spiro atoms. The minimum Gasteiger partial charge on any atom is -0.374 e. The zero-order chi connectivity index (χ0) is 25.0. The van der Waals surface area contributed by atoms with Gasteiger partial charge >= 0.3 is 6.18 Å². The molecule has 1 atom stereocenters. The van der Waals surface area contributed by atoms with Crippen LogP contribution in [0.2, 0.25) is 10.0 Å². The van der Waals surface area contributed by atoms with Crippen molar-refractivity contribution in [3.8, 4) is 0 Å². The highest BCUT2D eigenvalue weighted by molar-refractivity contribution is 8.00. The Morgan fingerprint density at radius 2 is 1.77 bits per heavy atom. The highest BCUT2D eigenvalue weighted by Gasteiger charge is 2.62. The number of fused-ring (bicyclic) bond motifs is 1. The van der Waals surface area contributed by atoms with Crippen LogP contribution in [0.25, 0.3) is 10.8 Å². The minimum absolute atomic E-state index is 0.0540. The maximum Gasteiger partial charge on any atom is 0.435 e. The van der Waals surface area contributed by atoms with Crippen molar-refractivity contribution < 1.29 is 22.8 Å². The summed E-state index contributed by atoms with van der Waals surface area (Å²) in [6.45, 7) is 1.81. The van der Waals surface area contributed by atoms with E-state index in [1.54, 1.807) is 18.2 Å². The van der Waals surface area contributed by atoms with Crippen molar-refractivity contribution in [1.82, 2.24) is 0 Å². The molecule has 9 heteroatoms. The van der Waals surface area contributed by atoms with Gasteiger partial charge in [-0.05, 0) is 64.9 Å². The van der Waals surface area contributed by atoms with Crippen LogP contribution in [0.3, 0.4) is 0 Å². The lowest BCUT2D eigenvalue weighted by atomic mass is 9.83. The van der Waals surface area contributed by atoms with E-state index in [0.29, 0.717) is 39.8 Å². The van der Waals surface area contributed by atoms with Crippen LogP contribution in [0.4, 0.5) is 13.2 Å². The molecule has 0 N–H and O–H groups in total. The molecule has 0 saturated carbocycles. The van der Waals surface area contributed by atoms with Gasteiger partial charge in [-0.1, -0.05) is 52.6 Å². The molecule has 3 aromatic carbocycles. The number of ketones is 1. The van der Waals surface area contributed by atoms with E-state index in [-0.39, 0.29) is 27.1 Å². The molecular formula is C26H20Cl2F3NO2S. The number of nitrogens with zero attached hydrogens (tertiary/aromatic N) is 1. The van der Waals surface area contributed by atoms with E-state index in [4.69, 9.17) is 28.0 Å². The van der Waals surface area contributed by atoms with Gasteiger partial charge < -0.3 is 4.84 Å². The van der Waals surface area contributed by atoms with Crippen LogP contribution in [0.5, 0.6) is 0 Å². The molecule has 0 bridgehead atoms. The summed E-state index contributed by atoms with van der Waals surface area (Å²) >= 11 is 13.8. The molecule has 1 unspecified atom stereocenters. The van der Waals surface area contributed by atoms with E-state index in [2.05, 4.69) is 5.16 Å². The Hall–Kier alpha value is -2.22. The molecule has 0 radical (unpaired) electrons. The average Bonchev–Trinajstić information content (AvgIpc) is 3.22. The molecule has 0 aliphatic carbocycles.